The van der Waals surface area contributed by atoms with Gasteiger partial charge in [-0.25, -0.2) is 0 Å². The van der Waals surface area contributed by atoms with Crippen LogP contribution >= 0.6 is 36.3 Å². The summed E-state index contributed by atoms with van der Waals surface area (Å²) in [5.74, 6) is 4.56. The second-order valence-corrected chi connectivity index (χ2v) is 16.0. The Morgan fingerprint density at radius 1 is 0.302 bits per heavy atom. The topological polar surface area (TPSA) is 55.4 Å². The van der Waals surface area contributed by atoms with E-state index in [1.807, 2.05) is 187 Å². The molecule has 0 saturated carbocycles. The molecule has 0 bridgehead atoms. The molecular weight excluding hydrogens is 840 g/mol. The van der Waals surface area contributed by atoms with E-state index in [0.717, 1.165) is 67.9 Å². The SMILES string of the molecule is Cc1ccccc1OP(Oc1ccccc1C)Oc1ccccc1C.Cc1ccccc1OP(Oc1ccccc1C)Oc1ccccc1C.[Cl][Pd][Cl]. The van der Waals surface area contributed by atoms with Crippen molar-refractivity contribution in [3.8, 4) is 34.5 Å². The molecule has 0 amide bonds. The summed E-state index contributed by atoms with van der Waals surface area (Å²) >= 11 is -0.106. The number of hydrogen-bond acceptors (Lipinski definition) is 6. The van der Waals surface area contributed by atoms with E-state index in [9.17, 15) is 0 Å². The van der Waals surface area contributed by atoms with E-state index in [-0.39, 0.29) is 15.9 Å². The molecule has 0 saturated heterocycles. The van der Waals surface area contributed by atoms with Gasteiger partial charge in [0.2, 0.25) is 0 Å². The van der Waals surface area contributed by atoms with Crippen LogP contribution in [0.15, 0.2) is 146 Å². The van der Waals surface area contributed by atoms with E-state index in [1.54, 1.807) is 0 Å². The minimum absolute atomic E-state index is 0.106. The van der Waals surface area contributed by atoms with Crippen molar-refractivity contribution >= 4 is 36.3 Å². The summed E-state index contributed by atoms with van der Waals surface area (Å²) in [4.78, 5) is 0. The molecule has 0 N–H and O–H groups in total. The van der Waals surface area contributed by atoms with Crippen molar-refractivity contribution in [2.75, 3.05) is 0 Å². The van der Waals surface area contributed by atoms with E-state index < -0.39 is 17.2 Å². The minimum atomic E-state index is -1.64. The predicted octanol–water partition coefficient (Wildman–Crippen LogP) is 14.1. The molecule has 6 aromatic carbocycles. The summed E-state index contributed by atoms with van der Waals surface area (Å²) in [7, 11) is 6.35. The van der Waals surface area contributed by atoms with Gasteiger partial charge in [0.15, 0.2) is 0 Å². The van der Waals surface area contributed by atoms with Gasteiger partial charge in [-0.15, -0.1) is 0 Å². The number of hydrogen-bond donors (Lipinski definition) is 0. The van der Waals surface area contributed by atoms with Gasteiger partial charge in [-0.3, -0.25) is 0 Å². The molecule has 0 radical (unpaired) electrons. The van der Waals surface area contributed by atoms with E-state index in [1.165, 1.54) is 0 Å². The maximum atomic E-state index is 6.08. The van der Waals surface area contributed by atoms with Gasteiger partial charge in [0.1, 0.15) is 34.5 Å². The van der Waals surface area contributed by atoms with Crippen molar-refractivity contribution in [1.29, 1.82) is 0 Å². The van der Waals surface area contributed by atoms with Gasteiger partial charge in [0, 0.05) is 0 Å². The maximum absolute atomic E-state index is 6.08. The van der Waals surface area contributed by atoms with Gasteiger partial charge in [0.05, 0.1) is 0 Å². The molecule has 6 nitrogen and oxygen atoms in total. The van der Waals surface area contributed by atoms with Crippen LogP contribution in [-0.4, -0.2) is 0 Å². The van der Waals surface area contributed by atoms with Crippen molar-refractivity contribution in [1.82, 2.24) is 0 Å². The van der Waals surface area contributed by atoms with E-state index >= 15 is 0 Å². The Balaban J connectivity index is 0.000000220. The number of benzene rings is 6. The van der Waals surface area contributed by atoms with Crippen LogP contribution in [0.1, 0.15) is 33.4 Å². The van der Waals surface area contributed by atoms with Crippen LogP contribution in [0.2, 0.25) is 0 Å². The van der Waals surface area contributed by atoms with Gasteiger partial charge in [-0.05, 0) is 111 Å². The fraction of sp³-hybridized carbons (Fsp3) is 0.143. The molecule has 0 fully saturated rings. The molecule has 53 heavy (non-hydrogen) atoms. The van der Waals surface area contributed by atoms with Crippen molar-refractivity contribution in [3.63, 3.8) is 0 Å². The molecule has 0 aliphatic carbocycles. The third-order valence-electron chi connectivity index (χ3n) is 7.60. The van der Waals surface area contributed by atoms with E-state index in [4.69, 9.17) is 46.2 Å². The Morgan fingerprint density at radius 3 is 0.566 bits per heavy atom. The third-order valence-corrected chi connectivity index (χ3v) is 9.67. The first kappa shape index (κ1) is 42.0. The first-order valence-corrected chi connectivity index (χ1v) is 22.7. The normalized spacial score (nSPS) is 10.4. The fourth-order valence-corrected chi connectivity index (χ4v) is 6.96. The number of halogens is 2. The standard InChI is InChI=1S/2C21H21O3P.2ClH.Pd/c2*1-16-10-4-7-13-19(16)22-25(23-20-14-8-5-11-17(20)2)24-21-15-9-6-12-18(21)3;;;/h2*4-15H,1-3H3;2*1H;/q;;;;+2/p-2. The average molecular weight is 882 g/mol. The van der Waals surface area contributed by atoms with Crippen LogP contribution < -0.4 is 27.1 Å². The Morgan fingerprint density at radius 2 is 0.434 bits per heavy atom. The van der Waals surface area contributed by atoms with Crippen LogP contribution in [0.5, 0.6) is 34.5 Å². The molecule has 0 aliphatic heterocycles. The zero-order valence-electron chi connectivity index (χ0n) is 30.3. The molecule has 6 rings (SSSR count). The molecule has 6 aromatic rings. The summed E-state index contributed by atoms with van der Waals surface area (Å²) in [5.41, 5.74) is 6.23. The van der Waals surface area contributed by atoms with Gasteiger partial charge in [-0.2, -0.15) is 0 Å². The number of para-hydroxylation sites is 6. The van der Waals surface area contributed by atoms with Gasteiger partial charge >= 0.3 is 52.2 Å². The summed E-state index contributed by atoms with van der Waals surface area (Å²) < 4.78 is 36.5. The van der Waals surface area contributed by atoms with Gasteiger partial charge in [-0.1, -0.05) is 109 Å². The Kier molecular flexibility index (Phi) is 17.8. The summed E-state index contributed by atoms with van der Waals surface area (Å²) in [6.45, 7) is 12.0. The van der Waals surface area contributed by atoms with Crippen LogP contribution in [0.4, 0.5) is 0 Å². The van der Waals surface area contributed by atoms with E-state index in [0.29, 0.717) is 0 Å². The molecule has 0 aromatic heterocycles. The fourth-order valence-electron chi connectivity index (χ4n) is 4.55. The monoisotopic (exact) mass is 880 g/mol. The first-order valence-electron chi connectivity index (χ1n) is 16.5. The zero-order valence-corrected chi connectivity index (χ0v) is 35.1. The molecule has 0 unspecified atom stereocenters. The summed E-state index contributed by atoms with van der Waals surface area (Å²) in [6.07, 6.45) is 0. The van der Waals surface area contributed by atoms with Gasteiger partial charge < -0.3 is 27.1 Å². The molecule has 0 atom stereocenters. The van der Waals surface area contributed by atoms with Crippen molar-refractivity contribution in [2.45, 2.75) is 41.5 Å². The average Bonchev–Trinajstić information content (AvgIpc) is 3.14. The molecule has 0 heterocycles. The molecule has 11 heteroatoms. The Labute approximate surface area is 332 Å². The van der Waals surface area contributed by atoms with Crippen molar-refractivity contribution < 1.29 is 43.1 Å². The molecule has 0 spiro atoms. The summed E-state index contributed by atoms with van der Waals surface area (Å²) in [6, 6.07) is 47.1. The van der Waals surface area contributed by atoms with Crippen molar-refractivity contribution in [3.05, 3.63) is 179 Å². The van der Waals surface area contributed by atoms with E-state index in [2.05, 4.69) is 0 Å². The number of aryl methyl sites for hydroxylation is 6. The molecule has 280 valence electrons. The second kappa shape index (κ2) is 22.4. The Hall–Kier alpha value is -3.78. The Bertz CT molecular complexity index is 1650. The zero-order chi connectivity index (χ0) is 38.0. The van der Waals surface area contributed by atoms with Crippen molar-refractivity contribution in [2.24, 2.45) is 0 Å². The number of rotatable bonds is 12. The van der Waals surface area contributed by atoms with Crippen LogP contribution in [-0.2, 0) is 15.9 Å². The quantitative estimate of drug-likeness (QED) is 0.0901. The van der Waals surface area contributed by atoms with Crippen LogP contribution in [0.25, 0.3) is 0 Å². The predicted molar refractivity (Wildman–Crippen MR) is 216 cm³/mol. The second-order valence-electron chi connectivity index (χ2n) is 11.6. The summed E-state index contributed by atoms with van der Waals surface area (Å²) in [5, 5.41) is 0. The molecular formula is C42H42Cl2O6P2Pd. The van der Waals surface area contributed by atoms with Crippen LogP contribution in [0, 0.1) is 41.5 Å². The third kappa shape index (κ3) is 13.9. The van der Waals surface area contributed by atoms with Gasteiger partial charge in [0.25, 0.3) is 0 Å². The first-order chi connectivity index (χ1) is 25.7. The van der Waals surface area contributed by atoms with Crippen LogP contribution in [0.3, 0.4) is 0 Å². The molecule has 0 aliphatic rings.